The molecule has 2 aromatic carbocycles. The van der Waals surface area contributed by atoms with Gasteiger partial charge in [-0.15, -0.1) is 0 Å². The zero-order chi connectivity index (χ0) is 17.1. The van der Waals surface area contributed by atoms with Crippen molar-refractivity contribution in [3.05, 3.63) is 59.2 Å². The zero-order valence-corrected chi connectivity index (χ0v) is 14.7. The van der Waals surface area contributed by atoms with E-state index in [9.17, 15) is 10.2 Å². The maximum Gasteiger partial charge on any atom is 0.123 e. The Morgan fingerprint density at radius 2 is 1.56 bits per heavy atom. The van der Waals surface area contributed by atoms with Crippen LogP contribution in [0.4, 0.5) is 0 Å². The molecule has 2 saturated carbocycles. The van der Waals surface area contributed by atoms with Crippen LogP contribution in [0, 0.1) is 5.92 Å². The summed E-state index contributed by atoms with van der Waals surface area (Å²) in [4.78, 5) is 0. The Morgan fingerprint density at radius 3 is 2.36 bits per heavy atom. The molecule has 0 aliphatic heterocycles. The normalized spacial score (nSPS) is 29.5. The third kappa shape index (κ3) is 1.97. The molecule has 2 nitrogen and oxygen atoms in total. The van der Waals surface area contributed by atoms with E-state index in [1.54, 1.807) is 11.6 Å². The molecule has 0 heterocycles. The van der Waals surface area contributed by atoms with Gasteiger partial charge in [-0.3, -0.25) is 0 Å². The first kappa shape index (κ1) is 15.3. The molecule has 3 aliphatic rings. The summed E-state index contributed by atoms with van der Waals surface area (Å²) in [7, 11) is 0. The van der Waals surface area contributed by atoms with E-state index in [1.165, 1.54) is 50.2 Å². The average molecular weight is 334 g/mol. The molecule has 0 radical (unpaired) electrons. The molecule has 2 fully saturated rings. The van der Waals surface area contributed by atoms with Crippen molar-refractivity contribution in [1.82, 2.24) is 0 Å². The second kappa shape index (κ2) is 5.27. The molecule has 0 bridgehead atoms. The quantitative estimate of drug-likeness (QED) is 0.752. The lowest BCUT2D eigenvalue weighted by Crippen LogP contribution is -2.49. The summed E-state index contributed by atoms with van der Waals surface area (Å²) in [6.07, 6.45) is 9.88. The third-order valence-corrected chi connectivity index (χ3v) is 7.52. The van der Waals surface area contributed by atoms with Crippen LogP contribution < -0.4 is 0 Å². The minimum Gasteiger partial charge on any atom is -0.508 e. The van der Waals surface area contributed by atoms with Gasteiger partial charge in [0.15, 0.2) is 0 Å². The molecule has 130 valence electrons. The van der Waals surface area contributed by atoms with Crippen LogP contribution in [0.1, 0.15) is 61.6 Å². The van der Waals surface area contributed by atoms with E-state index in [4.69, 9.17) is 0 Å². The fourth-order valence-electron chi connectivity index (χ4n) is 6.76. The number of rotatable bonds is 1. The second-order valence-electron chi connectivity index (χ2n) is 8.50. The maximum atomic E-state index is 10.7. The van der Waals surface area contributed by atoms with Gasteiger partial charge in [0.2, 0.25) is 0 Å². The van der Waals surface area contributed by atoms with Crippen molar-refractivity contribution < 1.29 is 10.2 Å². The summed E-state index contributed by atoms with van der Waals surface area (Å²) < 4.78 is 0. The number of phenols is 2. The Hall–Kier alpha value is -1.96. The summed E-state index contributed by atoms with van der Waals surface area (Å²) in [6, 6.07) is 14.3. The van der Waals surface area contributed by atoms with Gasteiger partial charge in [0, 0.05) is 17.0 Å². The summed E-state index contributed by atoms with van der Waals surface area (Å²) in [5.41, 5.74) is 4.45. The highest BCUT2D eigenvalue weighted by Crippen LogP contribution is 2.65. The number of benzene rings is 2. The van der Waals surface area contributed by atoms with Crippen molar-refractivity contribution in [2.75, 3.05) is 0 Å². The van der Waals surface area contributed by atoms with Crippen molar-refractivity contribution in [1.29, 1.82) is 0 Å². The number of hydrogen-bond donors (Lipinski definition) is 2. The minimum absolute atomic E-state index is 0.0243. The van der Waals surface area contributed by atoms with Gasteiger partial charge < -0.3 is 10.2 Å². The van der Waals surface area contributed by atoms with Crippen LogP contribution in [0.2, 0.25) is 0 Å². The first-order valence-electron chi connectivity index (χ1n) is 9.77. The SMILES string of the molecule is Oc1ccc(C23CCCC2C2(CCCC2)c2ccccc2C3)c(O)c1. The summed E-state index contributed by atoms with van der Waals surface area (Å²) >= 11 is 0. The van der Waals surface area contributed by atoms with E-state index in [1.807, 2.05) is 6.07 Å². The minimum atomic E-state index is 0.0243. The second-order valence-corrected chi connectivity index (χ2v) is 8.50. The van der Waals surface area contributed by atoms with Gasteiger partial charge in [-0.05, 0) is 60.6 Å². The lowest BCUT2D eigenvalue weighted by molar-refractivity contribution is 0.152. The average Bonchev–Trinajstić information content (AvgIpc) is 3.24. The largest absolute Gasteiger partial charge is 0.508 e. The zero-order valence-electron chi connectivity index (χ0n) is 14.7. The van der Waals surface area contributed by atoms with Crippen molar-refractivity contribution in [3.8, 4) is 11.5 Å². The smallest absolute Gasteiger partial charge is 0.123 e. The Labute approximate surface area is 149 Å². The molecule has 2 atom stereocenters. The van der Waals surface area contributed by atoms with Crippen LogP contribution in [0.15, 0.2) is 42.5 Å². The molecule has 0 amide bonds. The Balaban J connectivity index is 1.75. The van der Waals surface area contributed by atoms with E-state index in [0.717, 1.165) is 18.4 Å². The van der Waals surface area contributed by atoms with Crippen LogP contribution in [-0.4, -0.2) is 10.2 Å². The molecule has 2 heteroatoms. The van der Waals surface area contributed by atoms with Crippen LogP contribution >= 0.6 is 0 Å². The highest BCUT2D eigenvalue weighted by atomic mass is 16.3. The Bertz CT molecular complexity index is 819. The van der Waals surface area contributed by atoms with Gasteiger partial charge >= 0.3 is 0 Å². The van der Waals surface area contributed by atoms with Crippen molar-refractivity contribution >= 4 is 0 Å². The third-order valence-electron chi connectivity index (χ3n) is 7.52. The lowest BCUT2D eigenvalue weighted by atomic mass is 9.51. The van der Waals surface area contributed by atoms with Gasteiger partial charge in [0.1, 0.15) is 11.5 Å². The molecule has 2 aromatic rings. The van der Waals surface area contributed by atoms with Crippen LogP contribution in [0.25, 0.3) is 0 Å². The summed E-state index contributed by atoms with van der Waals surface area (Å²) in [5, 5.41) is 20.5. The Morgan fingerprint density at radius 1 is 0.800 bits per heavy atom. The van der Waals surface area contributed by atoms with Crippen LogP contribution in [-0.2, 0) is 17.3 Å². The van der Waals surface area contributed by atoms with E-state index in [2.05, 4.69) is 24.3 Å². The number of phenolic OH excluding ortho intramolecular Hbond substituents is 2. The fourth-order valence-corrected chi connectivity index (χ4v) is 6.76. The van der Waals surface area contributed by atoms with E-state index < -0.39 is 0 Å². The number of aromatic hydroxyl groups is 2. The molecule has 0 aromatic heterocycles. The fraction of sp³-hybridized carbons (Fsp3) is 0.478. The monoisotopic (exact) mass is 334 g/mol. The van der Waals surface area contributed by atoms with Crippen LogP contribution in [0.5, 0.6) is 11.5 Å². The van der Waals surface area contributed by atoms with E-state index in [-0.39, 0.29) is 22.3 Å². The number of hydrogen-bond acceptors (Lipinski definition) is 2. The van der Waals surface area contributed by atoms with Gasteiger partial charge in [0.05, 0.1) is 0 Å². The van der Waals surface area contributed by atoms with Gasteiger partial charge in [0.25, 0.3) is 0 Å². The van der Waals surface area contributed by atoms with Crippen molar-refractivity contribution in [2.45, 2.75) is 62.2 Å². The van der Waals surface area contributed by atoms with E-state index >= 15 is 0 Å². The van der Waals surface area contributed by atoms with Crippen molar-refractivity contribution in [2.24, 2.45) is 5.92 Å². The standard InChI is InChI=1S/C23H26O2/c24-17-9-10-19(20(25)14-17)23-13-5-8-21(23)22(11-3-4-12-22)18-7-2-1-6-16(18)15-23/h1-2,6-7,9-10,14,21,24-25H,3-5,8,11-13,15H2. The summed E-state index contributed by atoms with van der Waals surface area (Å²) in [5.74, 6) is 1.03. The molecule has 2 unspecified atom stereocenters. The van der Waals surface area contributed by atoms with Gasteiger partial charge in [-0.2, -0.15) is 0 Å². The molecule has 0 saturated heterocycles. The lowest BCUT2D eigenvalue weighted by Gasteiger charge is -2.52. The van der Waals surface area contributed by atoms with Crippen LogP contribution in [0.3, 0.4) is 0 Å². The highest BCUT2D eigenvalue weighted by molar-refractivity contribution is 5.51. The highest BCUT2D eigenvalue weighted by Gasteiger charge is 2.59. The predicted octanol–water partition coefficient (Wildman–Crippen LogP) is 5.20. The van der Waals surface area contributed by atoms with Gasteiger partial charge in [-0.1, -0.05) is 49.6 Å². The molecule has 1 spiro atoms. The molecular weight excluding hydrogens is 308 g/mol. The first-order valence-corrected chi connectivity index (χ1v) is 9.77. The van der Waals surface area contributed by atoms with Gasteiger partial charge in [-0.25, -0.2) is 0 Å². The van der Waals surface area contributed by atoms with E-state index in [0.29, 0.717) is 5.92 Å². The summed E-state index contributed by atoms with van der Waals surface area (Å²) in [6.45, 7) is 0. The Kier molecular flexibility index (Phi) is 3.22. The maximum absolute atomic E-state index is 10.7. The molecule has 5 rings (SSSR count). The molecule has 3 aliphatic carbocycles. The first-order chi connectivity index (χ1) is 12.2. The number of fused-ring (bicyclic) bond motifs is 4. The topological polar surface area (TPSA) is 40.5 Å². The molecular formula is C23H26O2. The van der Waals surface area contributed by atoms with Crippen molar-refractivity contribution in [3.63, 3.8) is 0 Å². The predicted molar refractivity (Wildman–Crippen MR) is 99.1 cm³/mol. The molecule has 25 heavy (non-hydrogen) atoms. The molecule has 2 N–H and O–H groups in total.